The fourth-order valence-corrected chi connectivity index (χ4v) is 2.81. The van der Waals surface area contributed by atoms with Gasteiger partial charge in [0, 0.05) is 25.0 Å². The molecule has 3 rings (SSSR count). The maximum absolute atomic E-state index is 12.7. The number of aliphatic imine (C=N–C) groups is 1. The highest BCUT2D eigenvalue weighted by molar-refractivity contribution is 5.77. The first-order chi connectivity index (χ1) is 14.0. The van der Waals surface area contributed by atoms with Gasteiger partial charge in [-0.05, 0) is 18.9 Å². The zero-order chi connectivity index (χ0) is 20.6. The number of hydrogen-bond acceptors (Lipinski definition) is 8. The first-order valence-electron chi connectivity index (χ1n) is 9.35. The van der Waals surface area contributed by atoms with Crippen LogP contribution in [0.25, 0.3) is 0 Å². The van der Waals surface area contributed by atoms with Gasteiger partial charge < -0.3 is 16.4 Å². The van der Waals surface area contributed by atoms with Crippen LogP contribution in [-0.4, -0.2) is 47.2 Å². The molecule has 1 atom stereocenters. The van der Waals surface area contributed by atoms with Crippen LogP contribution in [0.2, 0.25) is 0 Å². The molecule has 0 bridgehead atoms. The van der Waals surface area contributed by atoms with E-state index in [-0.39, 0.29) is 42.4 Å². The number of rotatable bonds is 8. The normalized spacial score (nSPS) is 15.9. The Morgan fingerprint density at radius 2 is 2.17 bits per heavy atom. The van der Waals surface area contributed by atoms with E-state index in [4.69, 9.17) is 10.6 Å². The molecule has 0 aliphatic carbocycles. The lowest BCUT2D eigenvalue weighted by molar-refractivity contribution is -0.122. The number of benzene rings is 1. The second-order valence-corrected chi connectivity index (χ2v) is 6.67. The minimum atomic E-state index is -0.332. The van der Waals surface area contributed by atoms with E-state index in [0.29, 0.717) is 18.8 Å². The van der Waals surface area contributed by atoms with Crippen molar-refractivity contribution in [2.24, 2.45) is 10.7 Å². The highest BCUT2D eigenvalue weighted by Crippen LogP contribution is 2.02. The van der Waals surface area contributed by atoms with E-state index >= 15 is 0 Å². The summed E-state index contributed by atoms with van der Waals surface area (Å²) in [6.07, 6.45) is 2.01. The Hall–Kier alpha value is -3.40. The van der Waals surface area contributed by atoms with Gasteiger partial charge in [0.1, 0.15) is 12.6 Å². The SMILES string of the molecule is Cc1cnc(NCCc2ccccc2)c(=O)n1CC(=O)NCC1CN=C(N)NO1. The zero-order valence-corrected chi connectivity index (χ0v) is 16.2. The van der Waals surface area contributed by atoms with Gasteiger partial charge in [0.05, 0.1) is 6.54 Å². The average molecular weight is 399 g/mol. The van der Waals surface area contributed by atoms with Gasteiger partial charge in [-0.25, -0.2) is 15.5 Å². The van der Waals surface area contributed by atoms with Gasteiger partial charge in [-0.2, -0.15) is 0 Å². The van der Waals surface area contributed by atoms with Crippen molar-refractivity contribution in [2.45, 2.75) is 26.0 Å². The Bertz CT molecular complexity index is 927. The van der Waals surface area contributed by atoms with Crippen molar-refractivity contribution in [3.8, 4) is 0 Å². The number of nitrogens with zero attached hydrogens (tertiary/aromatic N) is 3. The number of hydroxylamine groups is 1. The Labute approximate surface area is 168 Å². The lowest BCUT2D eigenvalue weighted by Gasteiger charge is -2.21. The molecule has 10 heteroatoms. The third-order valence-electron chi connectivity index (χ3n) is 4.43. The molecule has 1 aromatic heterocycles. The molecule has 5 N–H and O–H groups in total. The van der Waals surface area contributed by atoms with Crippen LogP contribution in [0.1, 0.15) is 11.3 Å². The van der Waals surface area contributed by atoms with Crippen molar-refractivity contribution in [3.63, 3.8) is 0 Å². The molecule has 1 aliphatic rings. The molecular formula is C19H25N7O3. The van der Waals surface area contributed by atoms with Gasteiger partial charge in [0.2, 0.25) is 11.9 Å². The molecule has 1 unspecified atom stereocenters. The number of guanidine groups is 1. The molecule has 0 saturated heterocycles. The minimum absolute atomic E-state index is 0.105. The molecule has 0 fully saturated rings. The van der Waals surface area contributed by atoms with Gasteiger partial charge in [-0.15, -0.1) is 0 Å². The predicted molar refractivity (Wildman–Crippen MR) is 109 cm³/mol. The summed E-state index contributed by atoms with van der Waals surface area (Å²) in [7, 11) is 0. The Morgan fingerprint density at radius 3 is 2.90 bits per heavy atom. The lowest BCUT2D eigenvalue weighted by Crippen LogP contribution is -2.46. The molecule has 2 aromatic rings. The molecule has 29 heavy (non-hydrogen) atoms. The molecule has 1 aromatic carbocycles. The standard InChI is InChI=1S/C19H25N7O3/c1-13-9-23-17(21-8-7-14-5-3-2-4-6-14)18(28)26(13)12-16(27)22-10-15-11-24-19(20)25-29-15/h2-6,9,15H,7-8,10-12H2,1H3,(H,21,23)(H,22,27)(H3,20,24,25). The fraction of sp³-hybridized carbons (Fsp3) is 0.368. The van der Waals surface area contributed by atoms with Crippen LogP contribution >= 0.6 is 0 Å². The number of anilines is 1. The summed E-state index contributed by atoms with van der Waals surface area (Å²) in [5.74, 6) is 0.130. The van der Waals surface area contributed by atoms with Crippen molar-refractivity contribution in [1.29, 1.82) is 0 Å². The van der Waals surface area contributed by atoms with Crippen molar-refractivity contribution in [2.75, 3.05) is 25.0 Å². The van der Waals surface area contributed by atoms with Crippen LogP contribution in [0.15, 0.2) is 46.3 Å². The van der Waals surface area contributed by atoms with E-state index in [1.54, 1.807) is 13.1 Å². The molecule has 1 aliphatic heterocycles. The largest absolute Gasteiger partial charge is 0.368 e. The van der Waals surface area contributed by atoms with Gasteiger partial charge >= 0.3 is 0 Å². The Morgan fingerprint density at radius 1 is 1.38 bits per heavy atom. The lowest BCUT2D eigenvalue weighted by atomic mass is 10.1. The van der Waals surface area contributed by atoms with Gasteiger partial charge in [0.25, 0.3) is 5.56 Å². The summed E-state index contributed by atoms with van der Waals surface area (Å²) in [5, 5.41) is 5.80. The van der Waals surface area contributed by atoms with Gasteiger partial charge in [-0.1, -0.05) is 30.3 Å². The second-order valence-electron chi connectivity index (χ2n) is 6.67. The molecule has 10 nitrogen and oxygen atoms in total. The van der Waals surface area contributed by atoms with Gasteiger partial charge in [0.15, 0.2) is 5.82 Å². The summed E-state index contributed by atoms with van der Waals surface area (Å²) >= 11 is 0. The first kappa shape index (κ1) is 20.3. The number of carbonyl (C=O) groups excluding carboxylic acids is 1. The molecule has 0 saturated carbocycles. The maximum Gasteiger partial charge on any atom is 0.293 e. The number of carbonyl (C=O) groups is 1. The quantitative estimate of drug-likeness (QED) is 0.472. The Kier molecular flexibility index (Phi) is 6.80. The van der Waals surface area contributed by atoms with Gasteiger partial charge in [-0.3, -0.25) is 19.0 Å². The van der Waals surface area contributed by atoms with Crippen LogP contribution in [0.4, 0.5) is 5.82 Å². The van der Waals surface area contributed by atoms with Crippen LogP contribution < -0.4 is 27.4 Å². The van der Waals surface area contributed by atoms with E-state index in [1.807, 2.05) is 30.3 Å². The zero-order valence-electron chi connectivity index (χ0n) is 16.2. The maximum atomic E-state index is 12.7. The van der Waals surface area contributed by atoms with E-state index in [0.717, 1.165) is 12.0 Å². The third kappa shape index (κ3) is 5.79. The number of amides is 1. The number of nitrogens with one attached hydrogen (secondary N) is 3. The van der Waals surface area contributed by atoms with E-state index in [9.17, 15) is 9.59 Å². The predicted octanol–water partition coefficient (Wildman–Crippen LogP) is -0.459. The van der Waals surface area contributed by atoms with Crippen LogP contribution in [0, 0.1) is 6.92 Å². The monoisotopic (exact) mass is 399 g/mol. The highest BCUT2D eigenvalue weighted by atomic mass is 16.7. The van der Waals surface area contributed by atoms with Crippen LogP contribution in [0.3, 0.4) is 0 Å². The summed E-state index contributed by atoms with van der Waals surface area (Å²) in [6.45, 7) is 2.80. The number of hydrogen-bond donors (Lipinski definition) is 4. The molecule has 1 amide bonds. The van der Waals surface area contributed by atoms with Crippen molar-refractivity contribution >= 4 is 17.7 Å². The van der Waals surface area contributed by atoms with E-state index in [1.165, 1.54) is 4.57 Å². The topological polar surface area (TPSA) is 136 Å². The van der Waals surface area contributed by atoms with Crippen molar-refractivity contribution < 1.29 is 9.63 Å². The number of aromatic nitrogens is 2. The first-order valence-corrected chi connectivity index (χ1v) is 9.35. The number of nitrogens with two attached hydrogens (primary N) is 1. The highest BCUT2D eigenvalue weighted by Gasteiger charge is 2.17. The summed E-state index contributed by atoms with van der Waals surface area (Å²) < 4.78 is 1.39. The Balaban J connectivity index is 1.55. The van der Waals surface area contributed by atoms with Crippen LogP contribution in [0.5, 0.6) is 0 Å². The van der Waals surface area contributed by atoms with Crippen molar-refractivity contribution in [1.82, 2.24) is 20.3 Å². The molecule has 2 heterocycles. The molecular weight excluding hydrogens is 374 g/mol. The minimum Gasteiger partial charge on any atom is -0.368 e. The third-order valence-corrected chi connectivity index (χ3v) is 4.43. The molecule has 0 radical (unpaired) electrons. The van der Waals surface area contributed by atoms with Crippen molar-refractivity contribution in [3.05, 3.63) is 58.1 Å². The molecule has 154 valence electrons. The van der Waals surface area contributed by atoms with Crippen LogP contribution in [-0.2, 0) is 22.6 Å². The number of aryl methyl sites for hydroxylation is 1. The second kappa shape index (κ2) is 9.69. The summed E-state index contributed by atoms with van der Waals surface area (Å²) in [4.78, 5) is 38.4. The smallest absolute Gasteiger partial charge is 0.293 e. The fourth-order valence-electron chi connectivity index (χ4n) is 2.81. The van der Waals surface area contributed by atoms with E-state index < -0.39 is 0 Å². The summed E-state index contributed by atoms with van der Waals surface area (Å²) in [5.41, 5.74) is 9.35. The summed E-state index contributed by atoms with van der Waals surface area (Å²) in [6, 6.07) is 9.96. The average Bonchev–Trinajstić information content (AvgIpc) is 2.73. The van der Waals surface area contributed by atoms with E-state index in [2.05, 4.69) is 26.1 Å². The molecule has 0 spiro atoms.